The Morgan fingerprint density at radius 2 is 2.23 bits per heavy atom. The van der Waals surface area contributed by atoms with E-state index in [2.05, 4.69) is 0 Å². The Labute approximate surface area is 88.7 Å². The van der Waals surface area contributed by atoms with E-state index in [1.165, 1.54) is 23.5 Å². The van der Waals surface area contributed by atoms with E-state index in [1.807, 2.05) is 6.26 Å². The standard InChI is InChI=1S/C9H6ClFS2/c1-12-9-8(10)6-3-2-5(11)4-7(6)13-9/h2-4H,1H3. The van der Waals surface area contributed by atoms with Gasteiger partial charge in [0.2, 0.25) is 0 Å². The van der Waals surface area contributed by atoms with Crippen molar-refractivity contribution in [3.05, 3.63) is 29.0 Å². The number of rotatable bonds is 1. The lowest BCUT2D eigenvalue weighted by Crippen LogP contribution is -1.69. The maximum atomic E-state index is 12.8. The molecule has 0 fully saturated rings. The predicted octanol–water partition coefficient (Wildman–Crippen LogP) is 4.42. The van der Waals surface area contributed by atoms with E-state index in [4.69, 9.17) is 11.6 Å². The smallest absolute Gasteiger partial charge is 0.124 e. The lowest BCUT2D eigenvalue weighted by atomic mass is 10.3. The Kier molecular flexibility index (Phi) is 2.49. The van der Waals surface area contributed by atoms with Crippen molar-refractivity contribution in [2.24, 2.45) is 0 Å². The minimum absolute atomic E-state index is 0.210. The van der Waals surface area contributed by atoms with Gasteiger partial charge in [0.05, 0.1) is 9.23 Å². The van der Waals surface area contributed by atoms with Crippen molar-refractivity contribution >= 4 is 44.8 Å². The Balaban J connectivity index is 2.76. The van der Waals surface area contributed by atoms with Crippen LogP contribution in [0, 0.1) is 5.82 Å². The van der Waals surface area contributed by atoms with E-state index in [1.54, 1.807) is 17.8 Å². The van der Waals surface area contributed by atoms with Crippen LogP contribution in [0.3, 0.4) is 0 Å². The summed E-state index contributed by atoms with van der Waals surface area (Å²) in [7, 11) is 0. The first-order valence-corrected chi connectivity index (χ1v) is 6.06. The van der Waals surface area contributed by atoms with Gasteiger partial charge in [-0.05, 0) is 24.5 Å². The molecule has 1 heterocycles. The summed E-state index contributed by atoms with van der Waals surface area (Å²) in [6, 6.07) is 4.68. The van der Waals surface area contributed by atoms with Gasteiger partial charge >= 0.3 is 0 Å². The first kappa shape index (κ1) is 9.31. The highest BCUT2D eigenvalue weighted by Gasteiger charge is 2.09. The SMILES string of the molecule is CSc1sc2cc(F)ccc2c1Cl. The van der Waals surface area contributed by atoms with Crippen LogP contribution >= 0.6 is 34.7 Å². The molecule has 1 aromatic heterocycles. The van der Waals surface area contributed by atoms with Gasteiger partial charge in [-0.15, -0.1) is 23.1 Å². The molecule has 2 aromatic rings. The van der Waals surface area contributed by atoms with Crippen LogP contribution in [0.15, 0.2) is 22.4 Å². The highest BCUT2D eigenvalue weighted by atomic mass is 35.5. The van der Waals surface area contributed by atoms with Crippen molar-refractivity contribution in [1.29, 1.82) is 0 Å². The van der Waals surface area contributed by atoms with Crippen molar-refractivity contribution in [3.8, 4) is 0 Å². The molecule has 68 valence electrons. The molecule has 2 rings (SSSR count). The van der Waals surface area contributed by atoms with Gasteiger partial charge in [0, 0.05) is 10.1 Å². The second-order valence-corrected chi connectivity index (χ2v) is 5.05. The lowest BCUT2D eigenvalue weighted by molar-refractivity contribution is 0.630. The number of fused-ring (bicyclic) bond motifs is 1. The van der Waals surface area contributed by atoms with E-state index in [0.717, 1.165) is 19.3 Å². The van der Waals surface area contributed by atoms with E-state index < -0.39 is 0 Å². The minimum atomic E-state index is -0.210. The fraction of sp³-hybridized carbons (Fsp3) is 0.111. The number of thiophene rings is 1. The highest BCUT2D eigenvalue weighted by molar-refractivity contribution is 8.00. The molecule has 0 aliphatic heterocycles. The zero-order valence-electron chi connectivity index (χ0n) is 6.80. The summed E-state index contributed by atoms with van der Waals surface area (Å²) in [5, 5.41) is 1.69. The summed E-state index contributed by atoms with van der Waals surface area (Å²) in [4.78, 5) is 0. The van der Waals surface area contributed by atoms with Gasteiger partial charge in [-0.3, -0.25) is 0 Å². The van der Waals surface area contributed by atoms with Crippen molar-refractivity contribution in [2.75, 3.05) is 6.26 Å². The van der Waals surface area contributed by atoms with Crippen LogP contribution in [0.25, 0.3) is 10.1 Å². The molecule has 0 saturated carbocycles. The zero-order valence-corrected chi connectivity index (χ0v) is 9.19. The molecule has 0 saturated heterocycles. The van der Waals surface area contributed by atoms with Crippen molar-refractivity contribution in [3.63, 3.8) is 0 Å². The maximum Gasteiger partial charge on any atom is 0.124 e. The normalized spacial score (nSPS) is 11.0. The Bertz CT molecular complexity index is 450. The average Bonchev–Trinajstić information content (AvgIpc) is 2.42. The summed E-state index contributed by atoms with van der Waals surface area (Å²) in [5.74, 6) is -0.210. The van der Waals surface area contributed by atoms with Crippen LogP contribution in [-0.2, 0) is 0 Å². The summed E-state index contributed by atoms with van der Waals surface area (Å²) >= 11 is 9.20. The van der Waals surface area contributed by atoms with E-state index >= 15 is 0 Å². The van der Waals surface area contributed by atoms with Gasteiger partial charge in [0.1, 0.15) is 5.82 Å². The number of benzene rings is 1. The number of halogens is 2. The van der Waals surface area contributed by atoms with E-state index in [0.29, 0.717) is 0 Å². The van der Waals surface area contributed by atoms with E-state index in [-0.39, 0.29) is 5.82 Å². The highest BCUT2D eigenvalue weighted by Crippen LogP contribution is 2.40. The maximum absolute atomic E-state index is 12.8. The Hall–Kier alpha value is -0.250. The molecule has 13 heavy (non-hydrogen) atoms. The summed E-state index contributed by atoms with van der Waals surface area (Å²) in [6.07, 6.45) is 1.97. The quantitative estimate of drug-likeness (QED) is 0.656. The van der Waals surface area contributed by atoms with Crippen LogP contribution in [-0.4, -0.2) is 6.26 Å². The Morgan fingerprint density at radius 3 is 2.92 bits per heavy atom. The third-order valence-corrected chi connectivity index (χ3v) is 4.64. The van der Waals surface area contributed by atoms with Gasteiger partial charge in [0.25, 0.3) is 0 Å². The van der Waals surface area contributed by atoms with Crippen LogP contribution in [0.4, 0.5) is 4.39 Å². The predicted molar refractivity (Wildman–Crippen MR) is 58.6 cm³/mol. The van der Waals surface area contributed by atoms with Gasteiger partial charge in [-0.25, -0.2) is 4.39 Å². The molecular formula is C9H6ClFS2. The molecule has 0 amide bonds. The molecule has 4 heteroatoms. The van der Waals surface area contributed by atoms with Crippen molar-refractivity contribution in [2.45, 2.75) is 4.21 Å². The van der Waals surface area contributed by atoms with Crippen LogP contribution < -0.4 is 0 Å². The third kappa shape index (κ3) is 1.56. The largest absolute Gasteiger partial charge is 0.207 e. The number of hydrogen-bond acceptors (Lipinski definition) is 2. The average molecular weight is 233 g/mol. The topological polar surface area (TPSA) is 0 Å². The lowest BCUT2D eigenvalue weighted by Gasteiger charge is -1.89. The fourth-order valence-electron chi connectivity index (χ4n) is 1.15. The fourth-order valence-corrected chi connectivity index (χ4v) is 3.46. The van der Waals surface area contributed by atoms with Crippen LogP contribution in [0.5, 0.6) is 0 Å². The Morgan fingerprint density at radius 1 is 1.46 bits per heavy atom. The third-order valence-electron chi connectivity index (χ3n) is 1.75. The van der Waals surface area contributed by atoms with Gasteiger partial charge < -0.3 is 0 Å². The van der Waals surface area contributed by atoms with Gasteiger partial charge in [-0.1, -0.05) is 11.6 Å². The molecule has 0 radical (unpaired) electrons. The second kappa shape index (κ2) is 3.48. The number of hydrogen-bond donors (Lipinski definition) is 0. The first-order valence-electron chi connectivity index (χ1n) is 3.64. The second-order valence-electron chi connectivity index (χ2n) is 2.55. The van der Waals surface area contributed by atoms with Gasteiger partial charge in [0.15, 0.2) is 0 Å². The van der Waals surface area contributed by atoms with Crippen molar-refractivity contribution < 1.29 is 4.39 Å². The molecule has 0 spiro atoms. The minimum Gasteiger partial charge on any atom is -0.207 e. The molecule has 0 unspecified atom stereocenters. The van der Waals surface area contributed by atoms with Crippen LogP contribution in [0.2, 0.25) is 5.02 Å². The summed E-state index contributed by atoms with van der Waals surface area (Å²) in [5.41, 5.74) is 0. The summed E-state index contributed by atoms with van der Waals surface area (Å²) < 4.78 is 14.8. The molecule has 0 N–H and O–H groups in total. The van der Waals surface area contributed by atoms with E-state index in [9.17, 15) is 4.39 Å². The number of thioether (sulfide) groups is 1. The van der Waals surface area contributed by atoms with Crippen molar-refractivity contribution in [1.82, 2.24) is 0 Å². The molecule has 1 aromatic carbocycles. The van der Waals surface area contributed by atoms with Gasteiger partial charge in [-0.2, -0.15) is 0 Å². The monoisotopic (exact) mass is 232 g/mol. The molecule has 0 atom stereocenters. The summed E-state index contributed by atoms with van der Waals surface area (Å²) in [6.45, 7) is 0. The molecular weight excluding hydrogens is 227 g/mol. The molecule has 0 bridgehead atoms. The zero-order chi connectivity index (χ0) is 9.42. The first-order chi connectivity index (χ1) is 6.22. The molecule has 0 aliphatic rings. The molecule has 0 aliphatic carbocycles. The van der Waals surface area contributed by atoms with Crippen LogP contribution in [0.1, 0.15) is 0 Å². The molecule has 0 nitrogen and oxygen atoms in total.